The fraction of sp³-hybridized carbons (Fsp3) is 0.647. The van der Waals surface area contributed by atoms with Gasteiger partial charge in [0.1, 0.15) is 5.82 Å². The predicted octanol–water partition coefficient (Wildman–Crippen LogP) is 4.27. The number of halogens is 1. The largest absolute Gasteiger partial charge is 0.316 e. The maximum absolute atomic E-state index is 13.1. The summed E-state index contributed by atoms with van der Waals surface area (Å²) in [6.07, 6.45) is 6.38. The van der Waals surface area contributed by atoms with Gasteiger partial charge in [-0.05, 0) is 43.0 Å². The summed E-state index contributed by atoms with van der Waals surface area (Å²) in [5.41, 5.74) is 1.53. The van der Waals surface area contributed by atoms with Crippen LogP contribution in [0.3, 0.4) is 0 Å². The molecule has 0 heterocycles. The lowest BCUT2D eigenvalue weighted by molar-refractivity contribution is 0.276. The highest BCUT2D eigenvalue weighted by Crippen LogP contribution is 2.39. The van der Waals surface area contributed by atoms with Crippen molar-refractivity contribution in [2.75, 3.05) is 13.1 Å². The average Bonchev–Trinajstić information content (AvgIpc) is 2.40. The molecular weight excluding hydrogens is 237 g/mol. The summed E-state index contributed by atoms with van der Waals surface area (Å²) in [6, 6.07) is 7.18. The van der Waals surface area contributed by atoms with Crippen molar-refractivity contribution in [2.45, 2.75) is 51.4 Å². The minimum Gasteiger partial charge on any atom is -0.316 e. The van der Waals surface area contributed by atoms with Crippen LogP contribution in [-0.4, -0.2) is 13.1 Å². The standard InChI is InChI=1S/C17H26FN/c1-14(2)12-19-13-17(10-4-3-5-11-17)15-6-8-16(18)9-7-15/h6-9,14,19H,3-5,10-13H2,1-2H3. The van der Waals surface area contributed by atoms with Gasteiger partial charge in [0.05, 0.1) is 0 Å². The van der Waals surface area contributed by atoms with Crippen molar-refractivity contribution in [1.29, 1.82) is 0 Å². The topological polar surface area (TPSA) is 12.0 Å². The van der Waals surface area contributed by atoms with Crippen molar-refractivity contribution < 1.29 is 4.39 Å². The molecule has 1 aromatic carbocycles. The van der Waals surface area contributed by atoms with Crippen LogP contribution in [0, 0.1) is 11.7 Å². The summed E-state index contributed by atoms with van der Waals surface area (Å²) in [5, 5.41) is 3.61. The van der Waals surface area contributed by atoms with Crippen molar-refractivity contribution >= 4 is 0 Å². The van der Waals surface area contributed by atoms with Gasteiger partial charge in [-0.2, -0.15) is 0 Å². The number of hydrogen-bond acceptors (Lipinski definition) is 1. The molecule has 0 atom stereocenters. The average molecular weight is 263 g/mol. The normalized spacial score (nSPS) is 18.7. The van der Waals surface area contributed by atoms with E-state index < -0.39 is 0 Å². The van der Waals surface area contributed by atoms with Crippen LogP contribution in [0.2, 0.25) is 0 Å². The van der Waals surface area contributed by atoms with Crippen LogP contribution in [-0.2, 0) is 5.41 Å². The molecule has 0 radical (unpaired) electrons. The molecule has 2 rings (SSSR count). The molecule has 1 fully saturated rings. The molecule has 1 aliphatic rings. The maximum Gasteiger partial charge on any atom is 0.123 e. The molecule has 0 unspecified atom stereocenters. The summed E-state index contributed by atoms with van der Waals surface area (Å²) in [7, 11) is 0. The zero-order valence-electron chi connectivity index (χ0n) is 12.2. The van der Waals surface area contributed by atoms with Crippen LogP contribution in [0.1, 0.15) is 51.5 Å². The second-order valence-electron chi connectivity index (χ2n) is 6.37. The predicted molar refractivity (Wildman–Crippen MR) is 78.9 cm³/mol. The third-order valence-electron chi connectivity index (χ3n) is 4.28. The van der Waals surface area contributed by atoms with Gasteiger partial charge in [0.25, 0.3) is 0 Å². The molecule has 1 aliphatic carbocycles. The summed E-state index contributed by atoms with van der Waals surface area (Å²) >= 11 is 0. The SMILES string of the molecule is CC(C)CNCC1(c2ccc(F)cc2)CCCCC1. The van der Waals surface area contributed by atoms with Gasteiger partial charge in [-0.25, -0.2) is 4.39 Å². The van der Waals surface area contributed by atoms with Crippen LogP contribution in [0.4, 0.5) is 4.39 Å². The molecule has 1 nitrogen and oxygen atoms in total. The maximum atomic E-state index is 13.1. The zero-order valence-corrected chi connectivity index (χ0v) is 12.2. The molecule has 1 aromatic rings. The number of benzene rings is 1. The van der Waals surface area contributed by atoms with Crippen molar-refractivity contribution in [3.63, 3.8) is 0 Å². The monoisotopic (exact) mass is 263 g/mol. The van der Waals surface area contributed by atoms with Crippen molar-refractivity contribution in [3.05, 3.63) is 35.6 Å². The highest BCUT2D eigenvalue weighted by Gasteiger charge is 2.33. The fourth-order valence-corrected chi connectivity index (χ4v) is 3.20. The summed E-state index contributed by atoms with van der Waals surface area (Å²) in [4.78, 5) is 0. The van der Waals surface area contributed by atoms with E-state index in [9.17, 15) is 4.39 Å². The molecule has 0 saturated heterocycles. The molecule has 19 heavy (non-hydrogen) atoms. The Kier molecular flexibility index (Phi) is 4.98. The summed E-state index contributed by atoms with van der Waals surface area (Å²) < 4.78 is 13.1. The second-order valence-corrected chi connectivity index (χ2v) is 6.37. The second kappa shape index (κ2) is 6.51. The zero-order chi connectivity index (χ0) is 13.7. The fourth-order valence-electron chi connectivity index (χ4n) is 3.20. The Morgan fingerprint density at radius 1 is 1.11 bits per heavy atom. The van der Waals surface area contributed by atoms with E-state index in [0.29, 0.717) is 5.92 Å². The highest BCUT2D eigenvalue weighted by atomic mass is 19.1. The third kappa shape index (κ3) is 3.79. The Balaban J connectivity index is 2.11. The Labute approximate surface area is 116 Å². The van der Waals surface area contributed by atoms with E-state index in [2.05, 4.69) is 19.2 Å². The molecule has 0 bridgehead atoms. The molecule has 1 N–H and O–H groups in total. The van der Waals surface area contributed by atoms with Gasteiger partial charge in [0.15, 0.2) is 0 Å². The Morgan fingerprint density at radius 3 is 2.32 bits per heavy atom. The van der Waals surface area contributed by atoms with Crippen LogP contribution >= 0.6 is 0 Å². The Morgan fingerprint density at radius 2 is 1.74 bits per heavy atom. The van der Waals surface area contributed by atoms with E-state index >= 15 is 0 Å². The first-order chi connectivity index (χ1) is 9.12. The van der Waals surface area contributed by atoms with E-state index in [4.69, 9.17) is 0 Å². The van der Waals surface area contributed by atoms with Crippen molar-refractivity contribution in [3.8, 4) is 0 Å². The molecule has 2 heteroatoms. The molecular formula is C17H26FN. The third-order valence-corrected chi connectivity index (χ3v) is 4.28. The molecule has 0 spiro atoms. The lowest BCUT2D eigenvalue weighted by atomic mass is 9.69. The minimum absolute atomic E-state index is 0.134. The summed E-state index contributed by atoms with van der Waals surface area (Å²) in [6.45, 7) is 6.55. The minimum atomic E-state index is -0.134. The number of hydrogen-bond donors (Lipinski definition) is 1. The van der Waals surface area contributed by atoms with E-state index in [1.54, 1.807) is 12.1 Å². The van der Waals surface area contributed by atoms with Crippen LogP contribution < -0.4 is 5.32 Å². The smallest absolute Gasteiger partial charge is 0.123 e. The summed E-state index contributed by atoms with van der Waals surface area (Å²) in [5.74, 6) is 0.540. The van der Waals surface area contributed by atoms with Crippen LogP contribution in [0.5, 0.6) is 0 Å². The lowest BCUT2D eigenvalue weighted by Gasteiger charge is -2.38. The van der Waals surface area contributed by atoms with Crippen LogP contribution in [0.25, 0.3) is 0 Å². The Bertz CT molecular complexity index is 377. The van der Waals surface area contributed by atoms with E-state index in [0.717, 1.165) is 13.1 Å². The van der Waals surface area contributed by atoms with E-state index in [-0.39, 0.29) is 11.2 Å². The first kappa shape index (κ1) is 14.5. The van der Waals surface area contributed by atoms with E-state index in [1.165, 1.54) is 37.7 Å². The molecule has 0 amide bonds. The van der Waals surface area contributed by atoms with Crippen LogP contribution in [0.15, 0.2) is 24.3 Å². The molecule has 0 aliphatic heterocycles. The van der Waals surface area contributed by atoms with Gasteiger partial charge >= 0.3 is 0 Å². The molecule has 1 saturated carbocycles. The first-order valence-electron chi connectivity index (χ1n) is 7.59. The van der Waals surface area contributed by atoms with Crippen molar-refractivity contribution in [1.82, 2.24) is 5.32 Å². The number of rotatable bonds is 5. The van der Waals surface area contributed by atoms with Gasteiger partial charge in [0, 0.05) is 12.0 Å². The number of nitrogens with one attached hydrogen (secondary N) is 1. The van der Waals surface area contributed by atoms with Gasteiger partial charge in [-0.15, -0.1) is 0 Å². The van der Waals surface area contributed by atoms with Gasteiger partial charge in [-0.1, -0.05) is 45.2 Å². The quantitative estimate of drug-likeness (QED) is 0.836. The first-order valence-corrected chi connectivity index (χ1v) is 7.59. The highest BCUT2D eigenvalue weighted by molar-refractivity contribution is 5.27. The van der Waals surface area contributed by atoms with E-state index in [1.807, 2.05) is 12.1 Å². The van der Waals surface area contributed by atoms with Gasteiger partial charge < -0.3 is 5.32 Å². The van der Waals surface area contributed by atoms with Gasteiger partial charge in [-0.3, -0.25) is 0 Å². The van der Waals surface area contributed by atoms with Crippen molar-refractivity contribution in [2.24, 2.45) is 5.92 Å². The lowest BCUT2D eigenvalue weighted by Crippen LogP contribution is -2.41. The molecule has 106 valence electrons. The Hall–Kier alpha value is -0.890. The van der Waals surface area contributed by atoms with Gasteiger partial charge in [0.2, 0.25) is 0 Å². The molecule has 0 aromatic heterocycles.